The molecule has 2 heterocycles. The molecule has 2 N–H and O–H groups in total. The first-order valence-electron chi connectivity index (χ1n) is 3.20. The summed E-state index contributed by atoms with van der Waals surface area (Å²) in [4.78, 5) is 3.92. The van der Waals surface area contributed by atoms with E-state index in [1.807, 2.05) is 28.3 Å². The van der Waals surface area contributed by atoms with Gasteiger partial charge in [-0.15, -0.1) is 11.3 Å². The number of hydrogen-bond donors (Lipinski definition) is 1. The van der Waals surface area contributed by atoms with Gasteiger partial charge in [-0.2, -0.15) is 0 Å². The molecule has 0 bridgehead atoms. The van der Waals surface area contributed by atoms with Crippen molar-refractivity contribution in [1.29, 1.82) is 0 Å². The fourth-order valence-corrected chi connectivity index (χ4v) is 1.63. The van der Waals surface area contributed by atoms with Gasteiger partial charge in [-0.25, -0.2) is 4.98 Å². The van der Waals surface area contributed by atoms with E-state index in [2.05, 4.69) is 4.98 Å². The molecule has 2 aromatic rings. The van der Waals surface area contributed by atoms with Gasteiger partial charge in [0.15, 0.2) is 0 Å². The van der Waals surface area contributed by atoms with E-state index in [9.17, 15) is 0 Å². The number of anilines is 1. The molecule has 0 spiro atoms. The first-order valence-corrected chi connectivity index (χ1v) is 4.08. The lowest BCUT2D eigenvalue weighted by Gasteiger charge is -1.97. The molecule has 0 unspecified atom stereocenters. The van der Waals surface area contributed by atoms with Gasteiger partial charge in [-0.1, -0.05) is 0 Å². The van der Waals surface area contributed by atoms with Gasteiger partial charge in [-0.3, -0.25) is 4.57 Å². The monoisotopic (exact) mass is 165 g/mol. The van der Waals surface area contributed by atoms with Crippen molar-refractivity contribution in [1.82, 2.24) is 9.55 Å². The van der Waals surface area contributed by atoms with Crippen LogP contribution in [0.1, 0.15) is 0 Å². The van der Waals surface area contributed by atoms with E-state index < -0.39 is 0 Å². The Hall–Kier alpha value is -1.29. The highest BCUT2D eigenvalue weighted by Crippen LogP contribution is 2.16. The number of nitrogens with two attached hydrogens (primary N) is 1. The van der Waals surface area contributed by atoms with Crippen molar-refractivity contribution in [2.45, 2.75) is 0 Å². The second kappa shape index (κ2) is 2.39. The topological polar surface area (TPSA) is 43.8 Å². The van der Waals surface area contributed by atoms with Crippen LogP contribution in [0.2, 0.25) is 0 Å². The summed E-state index contributed by atoms with van der Waals surface area (Å²) in [5.74, 6) is 0.535. The summed E-state index contributed by atoms with van der Waals surface area (Å²) in [6.45, 7) is 0. The Balaban J connectivity index is 2.53. The normalized spacial score (nSPS) is 10.2. The van der Waals surface area contributed by atoms with Crippen LogP contribution in [0, 0.1) is 0 Å². The van der Waals surface area contributed by atoms with Gasteiger partial charge >= 0.3 is 0 Å². The minimum absolute atomic E-state index is 0.535. The van der Waals surface area contributed by atoms with E-state index >= 15 is 0 Å². The van der Waals surface area contributed by atoms with Crippen LogP contribution < -0.4 is 5.73 Å². The molecule has 11 heavy (non-hydrogen) atoms. The third kappa shape index (κ3) is 1.01. The van der Waals surface area contributed by atoms with Crippen molar-refractivity contribution in [2.24, 2.45) is 0 Å². The number of imidazole rings is 1. The molecule has 0 atom stereocenters. The molecular weight excluding hydrogens is 158 g/mol. The Bertz CT molecular complexity index is 336. The molecule has 56 valence electrons. The molecule has 3 nitrogen and oxygen atoms in total. The molecule has 0 aliphatic heterocycles. The molecular formula is C7H7N3S. The zero-order chi connectivity index (χ0) is 7.68. The summed E-state index contributed by atoms with van der Waals surface area (Å²) in [7, 11) is 0. The number of rotatable bonds is 1. The van der Waals surface area contributed by atoms with Gasteiger partial charge < -0.3 is 5.73 Å². The fourth-order valence-electron chi connectivity index (χ4n) is 0.908. The van der Waals surface area contributed by atoms with Gasteiger partial charge in [-0.05, 0) is 17.5 Å². The first-order chi connectivity index (χ1) is 5.38. The van der Waals surface area contributed by atoms with Gasteiger partial charge in [0.1, 0.15) is 5.00 Å². The summed E-state index contributed by atoms with van der Waals surface area (Å²) < 4.78 is 1.85. The summed E-state index contributed by atoms with van der Waals surface area (Å²) >= 11 is 1.64. The molecule has 0 amide bonds. The van der Waals surface area contributed by atoms with Crippen molar-refractivity contribution in [3.63, 3.8) is 0 Å². The van der Waals surface area contributed by atoms with Crippen LogP contribution >= 0.6 is 11.3 Å². The lowest BCUT2D eigenvalue weighted by atomic mass is 10.6. The molecule has 4 heteroatoms. The van der Waals surface area contributed by atoms with Gasteiger partial charge in [0.2, 0.25) is 5.95 Å². The maximum Gasteiger partial charge on any atom is 0.205 e. The van der Waals surface area contributed by atoms with Gasteiger partial charge in [0.25, 0.3) is 0 Å². The molecule has 0 radical (unpaired) electrons. The van der Waals surface area contributed by atoms with Crippen molar-refractivity contribution < 1.29 is 0 Å². The predicted octanol–water partition coefficient (Wildman–Crippen LogP) is 1.52. The predicted molar refractivity (Wildman–Crippen MR) is 45.9 cm³/mol. The molecule has 0 fully saturated rings. The van der Waals surface area contributed by atoms with Crippen LogP contribution in [0.4, 0.5) is 5.95 Å². The van der Waals surface area contributed by atoms with E-state index in [0.29, 0.717) is 5.95 Å². The Morgan fingerprint density at radius 3 is 3.00 bits per heavy atom. The van der Waals surface area contributed by atoms with E-state index in [1.54, 1.807) is 17.5 Å². The average Bonchev–Trinajstić information content (AvgIpc) is 2.55. The van der Waals surface area contributed by atoms with E-state index in [-0.39, 0.29) is 0 Å². The number of thiophene rings is 1. The van der Waals surface area contributed by atoms with Crippen LogP contribution in [0.15, 0.2) is 29.9 Å². The Kier molecular flexibility index (Phi) is 1.40. The van der Waals surface area contributed by atoms with E-state index in [1.165, 1.54) is 0 Å². The fraction of sp³-hybridized carbons (Fsp3) is 0. The largest absolute Gasteiger partial charge is 0.369 e. The van der Waals surface area contributed by atoms with Crippen molar-refractivity contribution in [2.75, 3.05) is 5.73 Å². The van der Waals surface area contributed by atoms with Crippen LogP contribution in [0.5, 0.6) is 0 Å². The number of aromatic nitrogens is 2. The summed E-state index contributed by atoms with van der Waals surface area (Å²) in [6, 6.07) is 3.99. The second-order valence-corrected chi connectivity index (χ2v) is 3.03. The third-order valence-corrected chi connectivity index (χ3v) is 2.28. The van der Waals surface area contributed by atoms with Crippen LogP contribution in [0.3, 0.4) is 0 Å². The maximum absolute atomic E-state index is 5.59. The maximum atomic E-state index is 5.59. The Morgan fingerprint density at radius 1 is 1.55 bits per heavy atom. The number of nitrogen functional groups attached to an aromatic ring is 1. The van der Waals surface area contributed by atoms with Crippen molar-refractivity contribution in [3.05, 3.63) is 29.9 Å². The molecule has 2 aromatic heterocycles. The van der Waals surface area contributed by atoms with E-state index in [0.717, 1.165) is 5.00 Å². The molecule has 0 aliphatic carbocycles. The molecule has 0 saturated heterocycles. The lowest BCUT2D eigenvalue weighted by Crippen LogP contribution is -1.96. The number of nitrogens with zero attached hydrogens (tertiary/aromatic N) is 2. The SMILES string of the molecule is Nc1nccn1-c1cccs1. The summed E-state index contributed by atoms with van der Waals surface area (Å²) in [6.07, 6.45) is 3.54. The second-order valence-electron chi connectivity index (χ2n) is 2.11. The highest BCUT2D eigenvalue weighted by Gasteiger charge is 1.99. The van der Waals surface area contributed by atoms with Gasteiger partial charge in [0, 0.05) is 12.4 Å². The summed E-state index contributed by atoms with van der Waals surface area (Å²) in [5.41, 5.74) is 5.59. The first kappa shape index (κ1) is 6.42. The molecule has 0 aliphatic rings. The van der Waals surface area contributed by atoms with Crippen molar-refractivity contribution in [3.8, 4) is 5.00 Å². The van der Waals surface area contributed by atoms with Crippen LogP contribution in [-0.4, -0.2) is 9.55 Å². The zero-order valence-electron chi connectivity index (χ0n) is 5.77. The Morgan fingerprint density at radius 2 is 2.45 bits per heavy atom. The summed E-state index contributed by atoms with van der Waals surface area (Å²) in [5, 5.41) is 3.11. The smallest absolute Gasteiger partial charge is 0.205 e. The highest BCUT2D eigenvalue weighted by atomic mass is 32.1. The highest BCUT2D eigenvalue weighted by molar-refractivity contribution is 7.12. The minimum atomic E-state index is 0.535. The average molecular weight is 165 g/mol. The van der Waals surface area contributed by atoms with Gasteiger partial charge in [0.05, 0.1) is 0 Å². The minimum Gasteiger partial charge on any atom is -0.369 e. The molecule has 0 saturated carbocycles. The van der Waals surface area contributed by atoms with E-state index in [4.69, 9.17) is 5.73 Å². The van der Waals surface area contributed by atoms with Crippen molar-refractivity contribution >= 4 is 17.3 Å². The zero-order valence-corrected chi connectivity index (χ0v) is 6.58. The standard InChI is InChI=1S/C7H7N3S/c8-7-9-3-4-10(7)6-2-1-5-11-6/h1-5H,(H2,8,9). The lowest BCUT2D eigenvalue weighted by molar-refractivity contribution is 1.10. The Labute approximate surface area is 68.1 Å². The molecule has 0 aromatic carbocycles. The van der Waals surface area contributed by atoms with Crippen LogP contribution in [-0.2, 0) is 0 Å². The third-order valence-electron chi connectivity index (χ3n) is 1.41. The quantitative estimate of drug-likeness (QED) is 0.696. The number of hydrogen-bond acceptors (Lipinski definition) is 3. The molecule has 2 rings (SSSR count). The van der Waals surface area contributed by atoms with Crippen LogP contribution in [0.25, 0.3) is 5.00 Å².